The SMILES string of the molecule is C#CCCCCC(=O)N1CCC(CC)CC1C(=O)O. The number of aliphatic carboxylic acids is 1. The lowest BCUT2D eigenvalue weighted by molar-refractivity contribution is -0.153. The third-order valence-corrected chi connectivity index (χ3v) is 3.86. The topological polar surface area (TPSA) is 57.6 Å². The first-order valence-electron chi connectivity index (χ1n) is 7.05. The molecular weight excluding hydrogens is 242 g/mol. The van der Waals surface area contributed by atoms with Crippen LogP contribution in [0.2, 0.25) is 0 Å². The Morgan fingerprint density at radius 2 is 2.16 bits per heavy atom. The molecule has 0 bridgehead atoms. The number of carboxylic acid groups (broad SMARTS) is 1. The number of nitrogens with zero attached hydrogens (tertiary/aromatic N) is 1. The number of hydrogen-bond donors (Lipinski definition) is 1. The van der Waals surface area contributed by atoms with Gasteiger partial charge in [0.15, 0.2) is 0 Å². The number of piperidine rings is 1. The molecule has 1 saturated heterocycles. The van der Waals surface area contributed by atoms with Crippen molar-refractivity contribution < 1.29 is 14.7 Å². The average molecular weight is 265 g/mol. The summed E-state index contributed by atoms with van der Waals surface area (Å²) in [6.07, 6.45) is 10.3. The minimum Gasteiger partial charge on any atom is -0.480 e. The summed E-state index contributed by atoms with van der Waals surface area (Å²) >= 11 is 0. The molecule has 1 fully saturated rings. The highest BCUT2D eigenvalue weighted by Crippen LogP contribution is 2.26. The quantitative estimate of drug-likeness (QED) is 0.592. The Balaban J connectivity index is 2.52. The fourth-order valence-corrected chi connectivity index (χ4v) is 2.59. The molecular formula is C15H23NO3. The zero-order valence-electron chi connectivity index (χ0n) is 11.6. The fourth-order valence-electron chi connectivity index (χ4n) is 2.59. The normalized spacial score (nSPS) is 22.8. The molecule has 0 aromatic carbocycles. The van der Waals surface area contributed by atoms with Crippen molar-refractivity contribution in [1.82, 2.24) is 4.90 Å². The number of unbranched alkanes of at least 4 members (excludes halogenated alkanes) is 2. The van der Waals surface area contributed by atoms with Crippen LogP contribution in [0.4, 0.5) is 0 Å². The molecule has 1 aliphatic rings. The largest absolute Gasteiger partial charge is 0.480 e. The molecule has 1 N–H and O–H groups in total. The lowest BCUT2D eigenvalue weighted by Crippen LogP contribution is -2.50. The average Bonchev–Trinajstić information content (AvgIpc) is 2.42. The molecule has 19 heavy (non-hydrogen) atoms. The summed E-state index contributed by atoms with van der Waals surface area (Å²) in [7, 11) is 0. The van der Waals surface area contributed by atoms with Crippen LogP contribution in [0.3, 0.4) is 0 Å². The smallest absolute Gasteiger partial charge is 0.326 e. The summed E-state index contributed by atoms with van der Waals surface area (Å²) in [6, 6.07) is -0.640. The Labute approximate surface area is 115 Å². The minimum atomic E-state index is -0.880. The molecule has 1 heterocycles. The molecule has 2 unspecified atom stereocenters. The Kier molecular flexibility index (Phi) is 6.41. The summed E-state index contributed by atoms with van der Waals surface area (Å²) in [5.74, 6) is 2.04. The van der Waals surface area contributed by atoms with Crippen molar-refractivity contribution in [3.8, 4) is 12.3 Å². The zero-order valence-corrected chi connectivity index (χ0v) is 11.6. The second kappa shape index (κ2) is 7.83. The molecule has 4 heteroatoms. The van der Waals surface area contributed by atoms with Gasteiger partial charge in [-0.15, -0.1) is 12.3 Å². The maximum atomic E-state index is 12.1. The second-order valence-corrected chi connectivity index (χ2v) is 5.15. The number of terminal acetylenes is 1. The van der Waals surface area contributed by atoms with Crippen LogP contribution in [-0.2, 0) is 9.59 Å². The summed E-state index contributed by atoms with van der Waals surface area (Å²) in [5.41, 5.74) is 0. The van der Waals surface area contributed by atoms with Crippen LogP contribution in [0.5, 0.6) is 0 Å². The maximum absolute atomic E-state index is 12.1. The summed E-state index contributed by atoms with van der Waals surface area (Å²) in [4.78, 5) is 24.9. The van der Waals surface area contributed by atoms with Crippen LogP contribution in [0.1, 0.15) is 51.9 Å². The molecule has 2 atom stereocenters. The molecule has 0 saturated carbocycles. The van der Waals surface area contributed by atoms with E-state index >= 15 is 0 Å². The third-order valence-electron chi connectivity index (χ3n) is 3.86. The number of rotatable bonds is 6. The second-order valence-electron chi connectivity index (χ2n) is 5.15. The molecule has 1 amide bonds. The highest BCUT2D eigenvalue weighted by molar-refractivity contribution is 5.83. The van der Waals surface area contributed by atoms with E-state index in [-0.39, 0.29) is 5.91 Å². The van der Waals surface area contributed by atoms with E-state index in [4.69, 9.17) is 6.42 Å². The van der Waals surface area contributed by atoms with Crippen molar-refractivity contribution in [3.05, 3.63) is 0 Å². The predicted molar refractivity (Wildman–Crippen MR) is 73.5 cm³/mol. The van der Waals surface area contributed by atoms with E-state index in [1.54, 1.807) is 4.90 Å². The van der Waals surface area contributed by atoms with Crippen LogP contribution >= 0.6 is 0 Å². The van der Waals surface area contributed by atoms with Gasteiger partial charge >= 0.3 is 5.97 Å². The zero-order chi connectivity index (χ0) is 14.3. The maximum Gasteiger partial charge on any atom is 0.326 e. The third kappa shape index (κ3) is 4.59. The van der Waals surface area contributed by atoms with Gasteiger partial charge < -0.3 is 10.0 Å². The summed E-state index contributed by atoms with van der Waals surface area (Å²) in [5, 5.41) is 9.26. The van der Waals surface area contributed by atoms with Gasteiger partial charge in [0.25, 0.3) is 0 Å². The lowest BCUT2D eigenvalue weighted by atomic mass is 9.88. The van der Waals surface area contributed by atoms with E-state index in [9.17, 15) is 14.7 Å². The van der Waals surface area contributed by atoms with E-state index in [2.05, 4.69) is 12.8 Å². The molecule has 1 rings (SSSR count). The Morgan fingerprint density at radius 3 is 2.74 bits per heavy atom. The number of carbonyl (C=O) groups is 2. The molecule has 4 nitrogen and oxygen atoms in total. The van der Waals surface area contributed by atoms with Gasteiger partial charge in [-0.2, -0.15) is 0 Å². The summed E-state index contributed by atoms with van der Waals surface area (Å²) in [6.45, 7) is 2.64. The van der Waals surface area contributed by atoms with E-state index in [1.165, 1.54) is 0 Å². The van der Waals surface area contributed by atoms with Crippen LogP contribution in [0.15, 0.2) is 0 Å². The minimum absolute atomic E-state index is 0.0426. The molecule has 0 radical (unpaired) electrons. The van der Waals surface area contributed by atoms with Crippen molar-refractivity contribution in [1.29, 1.82) is 0 Å². The van der Waals surface area contributed by atoms with Gasteiger partial charge in [-0.25, -0.2) is 4.79 Å². The first kappa shape index (κ1) is 15.6. The van der Waals surface area contributed by atoms with Crippen molar-refractivity contribution in [2.75, 3.05) is 6.54 Å². The standard InChI is InChI=1S/C15H23NO3/c1-3-5-6-7-8-14(17)16-10-9-12(4-2)11-13(16)15(18)19/h1,12-13H,4-11H2,2H3,(H,18,19). The highest BCUT2D eigenvalue weighted by Gasteiger charge is 2.35. The van der Waals surface area contributed by atoms with Gasteiger partial charge in [-0.05, 0) is 31.6 Å². The lowest BCUT2D eigenvalue weighted by Gasteiger charge is -2.37. The van der Waals surface area contributed by atoms with E-state index in [1.807, 2.05) is 0 Å². The number of likely N-dealkylation sites (tertiary alicyclic amines) is 1. The van der Waals surface area contributed by atoms with Crippen LogP contribution in [0.25, 0.3) is 0 Å². The number of hydrogen-bond acceptors (Lipinski definition) is 2. The van der Waals surface area contributed by atoms with Gasteiger partial charge in [-0.3, -0.25) is 4.79 Å². The van der Waals surface area contributed by atoms with Crippen LogP contribution in [0, 0.1) is 18.3 Å². The fraction of sp³-hybridized carbons (Fsp3) is 0.733. The van der Waals surface area contributed by atoms with Crippen molar-refractivity contribution in [3.63, 3.8) is 0 Å². The molecule has 0 aromatic rings. The Bertz CT molecular complexity index is 359. The number of carbonyl (C=O) groups excluding carboxylic acids is 1. The molecule has 106 valence electrons. The first-order chi connectivity index (χ1) is 9.10. The van der Waals surface area contributed by atoms with Gasteiger partial charge in [0, 0.05) is 19.4 Å². The number of amides is 1. The van der Waals surface area contributed by atoms with Crippen LogP contribution < -0.4 is 0 Å². The molecule has 0 spiro atoms. The van der Waals surface area contributed by atoms with Crippen LogP contribution in [-0.4, -0.2) is 34.5 Å². The number of carboxylic acids is 1. The van der Waals surface area contributed by atoms with Gasteiger partial charge in [0.2, 0.25) is 5.91 Å². The van der Waals surface area contributed by atoms with Crippen molar-refractivity contribution in [2.24, 2.45) is 5.92 Å². The van der Waals surface area contributed by atoms with Gasteiger partial charge in [0.1, 0.15) is 6.04 Å². The van der Waals surface area contributed by atoms with Crippen molar-refractivity contribution in [2.45, 2.75) is 57.9 Å². The molecule has 0 aliphatic carbocycles. The monoisotopic (exact) mass is 265 g/mol. The summed E-state index contributed by atoms with van der Waals surface area (Å²) < 4.78 is 0. The highest BCUT2D eigenvalue weighted by atomic mass is 16.4. The van der Waals surface area contributed by atoms with Gasteiger partial charge in [-0.1, -0.05) is 13.3 Å². The van der Waals surface area contributed by atoms with Crippen molar-refractivity contribution >= 4 is 11.9 Å². The van der Waals surface area contributed by atoms with E-state index < -0.39 is 12.0 Å². The Morgan fingerprint density at radius 1 is 1.42 bits per heavy atom. The van der Waals surface area contributed by atoms with E-state index in [0.717, 1.165) is 25.7 Å². The Hall–Kier alpha value is -1.50. The molecule has 0 aromatic heterocycles. The predicted octanol–water partition coefficient (Wildman–Crippen LogP) is 2.28. The molecule has 1 aliphatic heterocycles. The van der Waals surface area contributed by atoms with Gasteiger partial charge in [0.05, 0.1) is 0 Å². The van der Waals surface area contributed by atoms with E-state index in [0.29, 0.717) is 31.7 Å². The first-order valence-corrected chi connectivity index (χ1v) is 7.05.